The van der Waals surface area contributed by atoms with E-state index in [9.17, 15) is 0 Å². The molecule has 0 amide bonds. The van der Waals surface area contributed by atoms with Crippen LogP contribution in [0.2, 0.25) is 0 Å². The highest BCUT2D eigenvalue weighted by Crippen LogP contribution is 2.91. The van der Waals surface area contributed by atoms with E-state index in [1.807, 2.05) is 5.57 Å². The van der Waals surface area contributed by atoms with Crippen LogP contribution in [0.5, 0.6) is 0 Å². The lowest BCUT2D eigenvalue weighted by Crippen LogP contribution is -2.64. The predicted octanol–water partition coefficient (Wildman–Crippen LogP) is 9.21. The molecule has 4 saturated carbocycles. The Kier molecular flexibility index (Phi) is 5.66. The molecule has 0 N–H and O–H groups in total. The van der Waals surface area contributed by atoms with Gasteiger partial charge in [0.1, 0.15) is 5.60 Å². The summed E-state index contributed by atoms with van der Waals surface area (Å²) in [6, 6.07) is 0. The number of ether oxygens (including phenoxy) is 2. The summed E-state index contributed by atoms with van der Waals surface area (Å²) in [5.74, 6) is 4.44. The van der Waals surface area contributed by atoms with Gasteiger partial charge in [-0.1, -0.05) is 80.9 Å². The van der Waals surface area contributed by atoms with Crippen LogP contribution in [0.4, 0.5) is 0 Å². The van der Waals surface area contributed by atoms with Crippen LogP contribution in [0.15, 0.2) is 24.0 Å². The first-order valence-electron chi connectivity index (χ1n) is 15.9. The zero-order chi connectivity index (χ0) is 26.8. The van der Waals surface area contributed by atoms with Crippen LogP contribution in [-0.4, -0.2) is 18.3 Å². The molecular weight excluding hydrogens is 452 g/mol. The van der Waals surface area contributed by atoms with E-state index in [0.717, 1.165) is 36.7 Å². The Morgan fingerprint density at radius 2 is 1.84 bits per heavy atom. The van der Waals surface area contributed by atoms with Crippen molar-refractivity contribution in [1.29, 1.82) is 0 Å². The van der Waals surface area contributed by atoms with E-state index < -0.39 is 0 Å². The molecule has 2 nitrogen and oxygen atoms in total. The van der Waals surface area contributed by atoms with E-state index in [-0.39, 0.29) is 16.4 Å². The Hall–Kier alpha value is -0.760. The van der Waals surface area contributed by atoms with Crippen molar-refractivity contribution in [3.8, 4) is 0 Å². The molecule has 2 heteroatoms. The van der Waals surface area contributed by atoms with Crippen LogP contribution in [0.1, 0.15) is 114 Å². The van der Waals surface area contributed by atoms with Crippen LogP contribution in [0.3, 0.4) is 0 Å². The lowest BCUT2D eigenvalue weighted by molar-refractivity contribution is -0.193. The summed E-state index contributed by atoms with van der Waals surface area (Å²) in [4.78, 5) is 0. The van der Waals surface area contributed by atoms with Crippen LogP contribution in [-0.2, 0) is 9.47 Å². The topological polar surface area (TPSA) is 18.5 Å². The number of hydrogen-bond donors (Lipinski definition) is 0. The highest BCUT2D eigenvalue weighted by atomic mass is 16.5. The molecule has 7 unspecified atom stereocenters. The molecule has 0 radical (unpaired) electrons. The maximum Gasteiger partial charge on any atom is 0.112 e. The zero-order valence-electron chi connectivity index (χ0n) is 25.7. The molecule has 2 bridgehead atoms. The summed E-state index contributed by atoms with van der Waals surface area (Å²) in [6.45, 7) is 25.3. The van der Waals surface area contributed by atoms with Gasteiger partial charge in [-0.2, -0.15) is 0 Å². The molecule has 11 atom stereocenters. The molecule has 0 aromatic rings. The van der Waals surface area contributed by atoms with Gasteiger partial charge in [0.2, 0.25) is 0 Å². The van der Waals surface area contributed by atoms with Gasteiger partial charge in [-0.25, -0.2) is 0 Å². The number of fused-ring (bicyclic) bond motifs is 3. The van der Waals surface area contributed by atoms with Gasteiger partial charge in [0.25, 0.3) is 0 Å². The first kappa shape index (κ1) is 26.5. The molecule has 6 aliphatic rings. The Morgan fingerprint density at radius 1 is 1.11 bits per heavy atom. The van der Waals surface area contributed by atoms with Crippen LogP contribution in [0.25, 0.3) is 0 Å². The summed E-state index contributed by atoms with van der Waals surface area (Å²) < 4.78 is 13.3. The zero-order valence-corrected chi connectivity index (χ0v) is 25.7. The molecule has 0 aromatic carbocycles. The van der Waals surface area contributed by atoms with Crippen LogP contribution < -0.4 is 0 Å². The highest BCUT2D eigenvalue weighted by molar-refractivity contribution is 5.48. The second-order valence-corrected chi connectivity index (χ2v) is 16.6. The molecular formula is C35H56O2. The normalized spacial score (nSPS) is 50.9. The Balaban J connectivity index is 1.32. The van der Waals surface area contributed by atoms with Gasteiger partial charge in [-0.05, 0) is 97.4 Å². The summed E-state index contributed by atoms with van der Waals surface area (Å²) >= 11 is 0. The van der Waals surface area contributed by atoms with E-state index in [1.165, 1.54) is 38.5 Å². The minimum Gasteiger partial charge on any atom is -0.495 e. The van der Waals surface area contributed by atoms with Crippen LogP contribution in [0, 0.1) is 62.6 Å². The van der Waals surface area contributed by atoms with Gasteiger partial charge in [-0.3, -0.25) is 0 Å². The Labute approximate surface area is 228 Å². The lowest BCUT2D eigenvalue weighted by atomic mass is 9.37. The van der Waals surface area contributed by atoms with Gasteiger partial charge in [0.15, 0.2) is 0 Å². The van der Waals surface area contributed by atoms with Crippen molar-refractivity contribution in [2.45, 2.75) is 126 Å². The van der Waals surface area contributed by atoms with E-state index in [1.54, 1.807) is 0 Å². The predicted molar refractivity (Wildman–Crippen MR) is 153 cm³/mol. The molecule has 208 valence electrons. The number of allylic oxidation sites excluding steroid dienone is 3. The monoisotopic (exact) mass is 508 g/mol. The van der Waals surface area contributed by atoms with Crippen molar-refractivity contribution in [3.63, 3.8) is 0 Å². The Morgan fingerprint density at radius 3 is 2.49 bits per heavy atom. The van der Waals surface area contributed by atoms with Gasteiger partial charge in [0.05, 0.1) is 19.0 Å². The minimum atomic E-state index is 0.0342. The molecule has 0 saturated heterocycles. The standard InChI is InChI=1S/C35H56O2/c1-11-28(36-21-30(6,7)8)32(10)27-13-12-25-26(35(27)24(5)29(32)35)14-15-33-18-19-37-34(20-33,23(4)22(2)3)17-16-31(25,33)9/h14,18-19,22-25,27-29H,11-13,15-17,20-21H2,1-10H3/t23-,24?,25?,27?,28?,29?,31?,32+,33-,34-,35?/m1/s1. The number of rotatable bonds is 6. The fourth-order valence-electron chi connectivity index (χ4n) is 11.8. The average Bonchev–Trinajstić information content (AvgIpc) is 3.38. The SMILES string of the molecule is CCC(OCC(C)(C)C)[C@]1(C)C2CCC3C(=CC[C@]45C=CO[C@]([C@H](C)C(C)C)(CCC34C)C5)C23C(C)C31. The Bertz CT molecular complexity index is 1000. The molecule has 1 aliphatic heterocycles. The minimum absolute atomic E-state index is 0.0342. The third kappa shape index (κ3) is 3.09. The summed E-state index contributed by atoms with van der Waals surface area (Å²) in [5, 5.41) is 0. The van der Waals surface area contributed by atoms with Gasteiger partial charge >= 0.3 is 0 Å². The second-order valence-electron chi connectivity index (χ2n) is 16.6. The summed E-state index contributed by atoms with van der Waals surface area (Å²) in [6.07, 6.45) is 16.8. The van der Waals surface area contributed by atoms with Crippen molar-refractivity contribution in [2.24, 2.45) is 62.6 Å². The largest absolute Gasteiger partial charge is 0.495 e. The van der Waals surface area contributed by atoms with Gasteiger partial charge < -0.3 is 9.47 Å². The van der Waals surface area contributed by atoms with Gasteiger partial charge in [-0.15, -0.1) is 0 Å². The van der Waals surface area contributed by atoms with E-state index in [2.05, 4.69) is 87.7 Å². The van der Waals surface area contributed by atoms with E-state index in [4.69, 9.17) is 9.47 Å². The fourth-order valence-corrected chi connectivity index (χ4v) is 11.8. The molecule has 2 spiro atoms. The number of hydrogen-bond acceptors (Lipinski definition) is 2. The van der Waals surface area contributed by atoms with E-state index >= 15 is 0 Å². The van der Waals surface area contributed by atoms with Crippen molar-refractivity contribution >= 4 is 0 Å². The van der Waals surface area contributed by atoms with Crippen molar-refractivity contribution in [1.82, 2.24) is 0 Å². The second kappa shape index (κ2) is 7.92. The first-order valence-corrected chi connectivity index (χ1v) is 15.9. The fraction of sp³-hybridized carbons (Fsp3) is 0.886. The maximum atomic E-state index is 6.76. The van der Waals surface area contributed by atoms with Gasteiger partial charge in [0, 0.05) is 16.2 Å². The smallest absolute Gasteiger partial charge is 0.112 e. The maximum absolute atomic E-state index is 6.76. The molecule has 6 rings (SSSR count). The van der Waals surface area contributed by atoms with Crippen LogP contribution >= 0.6 is 0 Å². The van der Waals surface area contributed by atoms with Crippen molar-refractivity contribution in [2.75, 3.05) is 6.61 Å². The van der Waals surface area contributed by atoms with Crippen molar-refractivity contribution < 1.29 is 9.47 Å². The molecule has 1 heterocycles. The van der Waals surface area contributed by atoms with E-state index in [0.29, 0.717) is 34.2 Å². The quantitative estimate of drug-likeness (QED) is 0.333. The van der Waals surface area contributed by atoms with Crippen molar-refractivity contribution in [3.05, 3.63) is 24.0 Å². The third-order valence-corrected chi connectivity index (χ3v) is 13.9. The third-order valence-electron chi connectivity index (χ3n) is 13.9. The summed E-state index contributed by atoms with van der Waals surface area (Å²) in [5.41, 5.74) is 3.63. The average molecular weight is 509 g/mol. The molecule has 4 fully saturated rings. The first-order chi connectivity index (χ1) is 17.2. The highest BCUT2D eigenvalue weighted by Gasteiger charge is 2.87. The molecule has 0 aromatic heterocycles. The molecule has 37 heavy (non-hydrogen) atoms. The lowest BCUT2D eigenvalue weighted by Gasteiger charge is -2.69. The summed E-state index contributed by atoms with van der Waals surface area (Å²) in [7, 11) is 0. The molecule has 5 aliphatic carbocycles.